The van der Waals surface area contributed by atoms with Gasteiger partial charge in [0.2, 0.25) is 0 Å². The number of rotatable bonds is 4. The molecule has 1 aliphatic rings. The summed E-state index contributed by atoms with van der Waals surface area (Å²) in [5, 5.41) is 3.62. The monoisotopic (exact) mass is 274 g/mol. The Labute approximate surface area is 111 Å². The van der Waals surface area contributed by atoms with Crippen LogP contribution < -0.4 is 5.32 Å². The number of hydrogen-bond acceptors (Lipinski definition) is 2. The van der Waals surface area contributed by atoms with Crippen LogP contribution >= 0.6 is 11.6 Å². The molecule has 1 heterocycles. The highest BCUT2D eigenvalue weighted by molar-refractivity contribution is 6.30. The van der Waals surface area contributed by atoms with E-state index in [1.807, 2.05) is 0 Å². The van der Waals surface area contributed by atoms with Crippen molar-refractivity contribution in [2.45, 2.75) is 12.5 Å². The first kappa shape index (κ1) is 13.7. The lowest BCUT2D eigenvalue weighted by molar-refractivity contribution is 0.157. The number of hydrogen-bond donors (Lipinski definition) is 1. The Balaban J connectivity index is 2.22. The van der Waals surface area contributed by atoms with E-state index in [1.54, 1.807) is 6.07 Å². The fourth-order valence-corrected chi connectivity index (χ4v) is 2.65. The maximum absolute atomic E-state index is 13.4. The van der Waals surface area contributed by atoms with Crippen molar-refractivity contribution in [3.8, 4) is 0 Å². The first-order chi connectivity index (χ1) is 8.70. The summed E-state index contributed by atoms with van der Waals surface area (Å²) in [6.07, 6.45) is 0.375. The quantitative estimate of drug-likeness (QED) is 0.908. The van der Waals surface area contributed by atoms with Crippen LogP contribution in [-0.2, 0) is 0 Å². The maximum atomic E-state index is 13.4. The second-order valence-electron chi connectivity index (χ2n) is 4.48. The van der Waals surface area contributed by atoms with Gasteiger partial charge in [-0.15, -0.1) is 0 Å². The lowest BCUT2D eigenvalue weighted by Gasteiger charge is -2.35. The van der Waals surface area contributed by atoms with Gasteiger partial charge in [-0.25, -0.2) is 4.39 Å². The average Bonchev–Trinajstić information content (AvgIpc) is 2.36. The highest BCUT2D eigenvalue weighted by atomic mass is 35.5. The van der Waals surface area contributed by atoms with E-state index in [-0.39, 0.29) is 11.9 Å². The third kappa shape index (κ3) is 3.40. The lowest BCUT2D eigenvalue weighted by Crippen LogP contribution is -2.45. The molecule has 0 saturated carbocycles. The van der Waals surface area contributed by atoms with Crippen molar-refractivity contribution in [2.75, 3.05) is 32.9 Å². The number of nitrogens with zero attached hydrogens (tertiary/aromatic N) is 1. The molecule has 1 N–H and O–H groups in total. The summed E-state index contributed by atoms with van der Waals surface area (Å²) < 4.78 is 26.1. The summed E-state index contributed by atoms with van der Waals surface area (Å²) in [5.74, 6) is -0.364. The molecule has 1 aliphatic heterocycles. The highest BCUT2D eigenvalue weighted by Gasteiger charge is 2.22. The summed E-state index contributed by atoms with van der Waals surface area (Å²) in [6.45, 7) is 3.04. The van der Waals surface area contributed by atoms with Gasteiger partial charge < -0.3 is 5.32 Å². The molecular formula is C13H17ClF2N2. The minimum atomic E-state index is -0.414. The van der Waals surface area contributed by atoms with Crippen LogP contribution in [0.5, 0.6) is 0 Å². The molecule has 1 aromatic carbocycles. The predicted molar refractivity (Wildman–Crippen MR) is 69.2 cm³/mol. The molecule has 1 fully saturated rings. The number of halogens is 3. The van der Waals surface area contributed by atoms with Crippen LogP contribution in [-0.4, -0.2) is 37.8 Å². The third-order valence-electron chi connectivity index (χ3n) is 3.24. The van der Waals surface area contributed by atoms with E-state index in [2.05, 4.69) is 10.2 Å². The SMILES string of the molecule is FCC[C@H](c1cc(F)cc(Cl)c1)N1CCNCC1. The zero-order valence-corrected chi connectivity index (χ0v) is 10.9. The second kappa shape index (κ2) is 6.45. The molecule has 2 rings (SSSR count). The predicted octanol–water partition coefficient (Wildman–Crippen LogP) is 2.79. The molecule has 0 unspecified atom stereocenters. The van der Waals surface area contributed by atoms with Gasteiger partial charge in [0.1, 0.15) is 5.82 Å². The fourth-order valence-electron chi connectivity index (χ4n) is 2.42. The number of alkyl halides is 1. The Kier molecular flexibility index (Phi) is 4.92. The molecule has 0 radical (unpaired) electrons. The number of benzene rings is 1. The molecule has 18 heavy (non-hydrogen) atoms. The van der Waals surface area contributed by atoms with E-state index >= 15 is 0 Å². The van der Waals surface area contributed by atoms with Crippen LogP contribution in [0.25, 0.3) is 0 Å². The van der Waals surface area contributed by atoms with Crippen molar-refractivity contribution >= 4 is 11.6 Å². The van der Waals surface area contributed by atoms with Crippen molar-refractivity contribution in [1.82, 2.24) is 10.2 Å². The number of nitrogens with one attached hydrogen (secondary N) is 1. The molecule has 1 aromatic rings. The van der Waals surface area contributed by atoms with Crippen LogP contribution in [0.1, 0.15) is 18.0 Å². The molecule has 0 aliphatic carbocycles. The average molecular weight is 275 g/mol. The van der Waals surface area contributed by atoms with Crippen LogP contribution in [0.3, 0.4) is 0 Å². The summed E-state index contributed by atoms with van der Waals surface area (Å²) in [4.78, 5) is 2.18. The molecule has 1 atom stereocenters. The summed E-state index contributed by atoms with van der Waals surface area (Å²) >= 11 is 5.87. The molecule has 0 aromatic heterocycles. The van der Waals surface area contributed by atoms with Gasteiger partial charge in [0.05, 0.1) is 6.67 Å². The zero-order chi connectivity index (χ0) is 13.0. The molecule has 100 valence electrons. The van der Waals surface area contributed by atoms with Gasteiger partial charge in [-0.2, -0.15) is 0 Å². The van der Waals surface area contributed by atoms with Crippen LogP contribution in [0.4, 0.5) is 8.78 Å². The largest absolute Gasteiger partial charge is 0.314 e. The maximum Gasteiger partial charge on any atom is 0.125 e. The van der Waals surface area contributed by atoms with Crippen molar-refractivity contribution in [3.05, 3.63) is 34.6 Å². The van der Waals surface area contributed by atoms with Crippen LogP contribution in [0.15, 0.2) is 18.2 Å². The molecular weight excluding hydrogens is 258 g/mol. The fraction of sp³-hybridized carbons (Fsp3) is 0.538. The zero-order valence-electron chi connectivity index (χ0n) is 10.1. The minimum Gasteiger partial charge on any atom is -0.314 e. The van der Waals surface area contributed by atoms with Crippen molar-refractivity contribution in [1.29, 1.82) is 0 Å². The van der Waals surface area contributed by atoms with Crippen molar-refractivity contribution in [3.63, 3.8) is 0 Å². The van der Waals surface area contributed by atoms with Gasteiger partial charge in [-0.05, 0) is 30.2 Å². The first-order valence-corrected chi connectivity index (χ1v) is 6.55. The third-order valence-corrected chi connectivity index (χ3v) is 3.46. The molecule has 5 heteroatoms. The van der Waals surface area contributed by atoms with Gasteiger partial charge in [-0.3, -0.25) is 9.29 Å². The van der Waals surface area contributed by atoms with E-state index in [4.69, 9.17) is 11.6 Å². The summed E-state index contributed by atoms with van der Waals surface area (Å²) in [5.41, 5.74) is 0.763. The van der Waals surface area contributed by atoms with Crippen molar-refractivity contribution in [2.24, 2.45) is 0 Å². The number of piperazine rings is 1. The van der Waals surface area contributed by atoms with E-state index < -0.39 is 6.67 Å². The van der Waals surface area contributed by atoms with Crippen LogP contribution in [0, 0.1) is 5.82 Å². The smallest absolute Gasteiger partial charge is 0.125 e. The molecule has 1 saturated heterocycles. The molecule has 0 bridgehead atoms. The second-order valence-corrected chi connectivity index (χ2v) is 4.92. The highest BCUT2D eigenvalue weighted by Crippen LogP contribution is 2.27. The van der Waals surface area contributed by atoms with Gasteiger partial charge in [-0.1, -0.05) is 11.6 Å². The van der Waals surface area contributed by atoms with Crippen molar-refractivity contribution < 1.29 is 8.78 Å². The standard InChI is InChI=1S/C13H17ClF2N2/c14-11-7-10(8-12(16)9-11)13(1-2-15)18-5-3-17-4-6-18/h7-9,13,17H,1-6H2/t13-/m1/s1. The van der Waals surface area contributed by atoms with E-state index in [1.165, 1.54) is 12.1 Å². The van der Waals surface area contributed by atoms with Gasteiger partial charge in [0.15, 0.2) is 0 Å². The Morgan fingerprint density at radius 3 is 2.61 bits per heavy atom. The Bertz CT molecular complexity index is 374. The first-order valence-electron chi connectivity index (χ1n) is 6.17. The lowest BCUT2D eigenvalue weighted by atomic mass is 10.0. The normalized spacial score (nSPS) is 18.8. The van der Waals surface area contributed by atoms with E-state index in [9.17, 15) is 8.78 Å². The summed E-state index contributed by atoms with van der Waals surface area (Å²) in [6, 6.07) is 4.36. The molecule has 0 spiro atoms. The molecule has 0 amide bonds. The van der Waals surface area contributed by atoms with Gasteiger partial charge in [0, 0.05) is 37.2 Å². The Morgan fingerprint density at radius 1 is 1.28 bits per heavy atom. The van der Waals surface area contributed by atoms with E-state index in [0.717, 1.165) is 31.7 Å². The Hall–Kier alpha value is -0.710. The summed E-state index contributed by atoms with van der Waals surface area (Å²) in [7, 11) is 0. The topological polar surface area (TPSA) is 15.3 Å². The van der Waals surface area contributed by atoms with E-state index in [0.29, 0.717) is 11.4 Å². The Morgan fingerprint density at radius 2 is 2.00 bits per heavy atom. The van der Waals surface area contributed by atoms with Gasteiger partial charge >= 0.3 is 0 Å². The molecule has 2 nitrogen and oxygen atoms in total. The minimum absolute atomic E-state index is 0.0923. The van der Waals surface area contributed by atoms with Gasteiger partial charge in [0.25, 0.3) is 0 Å². The van der Waals surface area contributed by atoms with Crippen LogP contribution in [0.2, 0.25) is 5.02 Å².